The van der Waals surface area contributed by atoms with Crippen LogP contribution in [0.5, 0.6) is 0 Å². The zero-order chi connectivity index (χ0) is 23.2. The maximum Gasteiger partial charge on any atom is 0.220 e. The molecule has 0 spiro atoms. The zero-order valence-corrected chi connectivity index (χ0v) is 19.7. The molecule has 0 aliphatic heterocycles. The van der Waals surface area contributed by atoms with Crippen molar-refractivity contribution in [3.63, 3.8) is 0 Å². The second-order valence-electron chi connectivity index (χ2n) is 10.7. The number of carbonyl (C=O) groups excluding carboxylic acids is 1. The van der Waals surface area contributed by atoms with Gasteiger partial charge in [0, 0.05) is 31.3 Å². The molecule has 1 aromatic rings. The van der Waals surface area contributed by atoms with E-state index in [1.54, 1.807) is 18.5 Å². The Morgan fingerprint density at radius 2 is 1.73 bits per heavy atom. The van der Waals surface area contributed by atoms with Crippen molar-refractivity contribution >= 4 is 5.91 Å². The highest BCUT2D eigenvalue weighted by atomic mass is 16.3. The zero-order valence-electron chi connectivity index (χ0n) is 19.7. The molecule has 1 heterocycles. The van der Waals surface area contributed by atoms with Gasteiger partial charge in [0.15, 0.2) is 0 Å². The predicted molar refractivity (Wildman–Crippen MR) is 125 cm³/mol. The molecule has 7 unspecified atom stereocenters. The quantitative estimate of drug-likeness (QED) is 0.361. The molecule has 4 rings (SSSR count). The molecular weight excluding hydrogens is 418 g/mol. The Morgan fingerprint density at radius 1 is 1.00 bits per heavy atom. The van der Waals surface area contributed by atoms with Crippen molar-refractivity contribution in [2.45, 2.75) is 108 Å². The van der Waals surface area contributed by atoms with Gasteiger partial charge in [-0.15, -0.1) is 0 Å². The molecule has 1 amide bonds. The third kappa shape index (κ3) is 7.20. The minimum atomic E-state index is -0.487. The van der Waals surface area contributed by atoms with Crippen molar-refractivity contribution in [1.29, 1.82) is 0 Å². The fourth-order valence-corrected chi connectivity index (χ4v) is 5.92. The molecule has 7 atom stereocenters. The molecule has 3 saturated carbocycles. The Morgan fingerprint density at radius 3 is 2.42 bits per heavy atom. The first-order valence-electron chi connectivity index (χ1n) is 13.1. The summed E-state index contributed by atoms with van der Waals surface area (Å²) in [6.07, 6.45) is 13.4. The Kier molecular flexibility index (Phi) is 8.72. The van der Waals surface area contributed by atoms with Gasteiger partial charge in [-0.25, -0.2) is 9.97 Å². The SMILES string of the molecule is O=C(CCCC1CCC1CC1C(O)CC(O)C1CCC(O)CCc1ncccn1)NC1CC1. The van der Waals surface area contributed by atoms with E-state index in [0.717, 1.165) is 44.3 Å². The number of aromatic nitrogens is 2. The first-order valence-corrected chi connectivity index (χ1v) is 13.1. The van der Waals surface area contributed by atoms with Crippen LogP contribution in [0.2, 0.25) is 0 Å². The van der Waals surface area contributed by atoms with Crippen LogP contribution in [0.4, 0.5) is 0 Å². The highest BCUT2D eigenvalue weighted by Crippen LogP contribution is 2.47. The lowest BCUT2D eigenvalue weighted by Crippen LogP contribution is -2.33. The fourth-order valence-electron chi connectivity index (χ4n) is 5.92. The minimum absolute atomic E-state index is 0.0493. The Labute approximate surface area is 197 Å². The highest BCUT2D eigenvalue weighted by molar-refractivity contribution is 5.76. The van der Waals surface area contributed by atoms with E-state index in [2.05, 4.69) is 15.3 Å². The van der Waals surface area contributed by atoms with E-state index in [4.69, 9.17) is 0 Å². The fraction of sp³-hybridized carbons (Fsp3) is 0.808. The van der Waals surface area contributed by atoms with Gasteiger partial charge < -0.3 is 20.6 Å². The van der Waals surface area contributed by atoms with Crippen molar-refractivity contribution < 1.29 is 20.1 Å². The summed E-state index contributed by atoms with van der Waals surface area (Å²) in [6.45, 7) is 0. The molecule has 184 valence electrons. The number of hydrogen-bond donors (Lipinski definition) is 4. The van der Waals surface area contributed by atoms with Crippen LogP contribution < -0.4 is 5.32 Å². The Bertz CT molecular complexity index is 744. The van der Waals surface area contributed by atoms with Gasteiger partial charge in [-0.1, -0.05) is 0 Å². The number of nitrogens with one attached hydrogen (secondary N) is 1. The summed E-state index contributed by atoms with van der Waals surface area (Å²) < 4.78 is 0. The van der Waals surface area contributed by atoms with E-state index < -0.39 is 18.3 Å². The Balaban J connectivity index is 1.18. The van der Waals surface area contributed by atoms with Gasteiger partial charge in [0.05, 0.1) is 18.3 Å². The summed E-state index contributed by atoms with van der Waals surface area (Å²) in [5, 5.41) is 34.8. The van der Waals surface area contributed by atoms with Gasteiger partial charge >= 0.3 is 0 Å². The van der Waals surface area contributed by atoms with Crippen LogP contribution in [0.1, 0.15) is 82.9 Å². The average Bonchev–Trinajstić information content (AvgIpc) is 3.56. The summed E-state index contributed by atoms with van der Waals surface area (Å²) in [5.41, 5.74) is 0. The van der Waals surface area contributed by atoms with Crippen LogP contribution in [0.15, 0.2) is 18.5 Å². The summed E-state index contributed by atoms with van der Waals surface area (Å²) in [6, 6.07) is 2.22. The van der Waals surface area contributed by atoms with Crippen molar-refractivity contribution in [2.75, 3.05) is 0 Å². The molecule has 0 saturated heterocycles. The van der Waals surface area contributed by atoms with Gasteiger partial charge in [-0.05, 0) is 100 Å². The number of aliphatic hydroxyl groups is 3. The van der Waals surface area contributed by atoms with E-state index in [0.29, 0.717) is 50.0 Å². The van der Waals surface area contributed by atoms with Crippen LogP contribution in [-0.2, 0) is 11.2 Å². The van der Waals surface area contributed by atoms with Gasteiger partial charge in [-0.3, -0.25) is 4.79 Å². The van der Waals surface area contributed by atoms with Gasteiger partial charge in [0.2, 0.25) is 5.91 Å². The molecule has 0 aromatic carbocycles. The predicted octanol–water partition coefficient (Wildman–Crippen LogP) is 2.77. The van der Waals surface area contributed by atoms with Crippen LogP contribution in [0.25, 0.3) is 0 Å². The van der Waals surface area contributed by atoms with Crippen LogP contribution in [0, 0.1) is 23.7 Å². The smallest absolute Gasteiger partial charge is 0.220 e. The summed E-state index contributed by atoms with van der Waals surface area (Å²) in [4.78, 5) is 20.3. The summed E-state index contributed by atoms with van der Waals surface area (Å²) in [7, 11) is 0. The van der Waals surface area contributed by atoms with Crippen LogP contribution in [0.3, 0.4) is 0 Å². The number of rotatable bonds is 13. The van der Waals surface area contributed by atoms with Gasteiger partial charge in [0.25, 0.3) is 0 Å². The summed E-state index contributed by atoms with van der Waals surface area (Å²) >= 11 is 0. The van der Waals surface area contributed by atoms with Crippen molar-refractivity contribution in [3.8, 4) is 0 Å². The normalized spacial score (nSPS) is 32.3. The third-order valence-electron chi connectivity index (χ3n) is 8.25. The van der Waals surface area contributed by atoms with Crippen LogP contribution >= 0.6 is 0 Å². The number of amides is 1. The third-order valence-corrected chi connectivity index (χ3v) is 8.25. The largest absolute Gasteiger partial charge is 0.393 e. The monoisotopic (exact) mass is 459 g/mol. The molecule has 1 aromatic heterocycles. The molecule has 0 bridgehead atoms. The minimum Gasteiger partial charge on any atom is -0.393 e. The van der Waals surface area contributed by atoms with Crippen molar-refractivity contribution in [3.05, 3.63) is 24.3 Å². The number of hydrogen-bond acceptors (Lipinski definition) is 6. The van der Waals surface area contributed by atoms with Gasteiger partial charge in [-0.2, -0.15) is 0 Å². The second kappa shape index (κ2) is 11.7. The lowest BCUT2D eigenvalue weighted by molar-refractivity contribution is -0.121. The molecule has 7 heteroatoms. The second-order valence-corrected chi connectivity index (χ2v) is 10.7. The first kappa shape index (κ1) is 24.6. The molecule has 3 aliphatic carbocycles. The molecule has 33 heavy (non-hydrogen) atoms. The Hall–Kier alpha value is -1.57. The first-order chi connectivity index (χ1) is 16.0. The topological polar surface area (TPSA) is 116 Å². The van der Waals surface area contributed by atoms with Crippen LogP contribution in [-0.4, -0.2) is 55.5 Å². The maximum absolute atomic E-state index is 11.9. The average molecular weight is 460 g/mol. The highest BCUT2D eigenvalue weighted by Gasteiger charge is 2.44. The molecule has 3 fully saturated rings. The van der Waals surface area contributed by atoms with E-state index >= 15 is 0 Å². The summed E-state index contributed by atoms with van der Waals surface area (Å²) in [5.74, 6) is 2.32. The number of carbonyl (C=O) groups is 1. The van der Waals surface area contributed by atoms with Crippen molar-refractivity contribution in [1.82, 2.24) is 15.3 Å². The molecule has 3 aliphatic rings. The number of aryl methyl sites for hydroxylation is 1. The molecule has 7 nitrogen and oxygen atoms in total. The number of aliphatic hydroxyl groups excluding tert-OH is 3. The van der Waals surface area contributed by atoms with E-state index in [1.165, 1.54) is 12.8 Å². The molecule has 4 N–H and O–H groups in total. The standard InChI is InChI=1S/C26H41N3O4/c30-20(10-12-25-27-13-2-14-28-25)9-11-21-22(24(32)16-23(21)31)15-18-6-5-17(18)3-1-4-26(33)29-19-7-8-19/h2,13-14,17-24,30-32H,1,3-12,15-16H2,(H,29,33). The molecular formula is C26H41N3O4. The van der Waals surface area contributed by atoms with Crippen molar-refractivity contribution in [2.24, 2.45) is 23.7 Å². The number of nitrogens with zero attached hydrogens (tertiary/aromatic N) is 2. The van der Waals surface area contributed by atoms with E-state index in [1.807, 2.05) is 0 Å². The van der Waals surface area contributed by atoms with E-state index in [9.17, 15) is 20.1 Å². The molecule has 0 radical (unpaired) electrons. The van der Waals surface area contributed by atoms with Gasteiger partial charge in [0.1, 0.15) is 5.82 Å². The lowest BCUT2D eigenvalue weighted by Gasteiger charge is -2.40. The van der Waals surface area contributed by atoms with E-state index in [-0.39, 0.29) is 17.7 Å². The maximum atomic E-state index is 11.9. The lowest BCUT2D eigenvalue weighted by atomic mass is 9.66.